The van der Waals surface area contributed by atoms with Crippen LogP contribution in [0.4, 0.5) is 4.79 Å². The van der Waals surface area contributed by atoms with Crippen LogP contribution in [0.15, 0.2) is 48.5 Å². The first-order valence-electron chi connectivity index (χ1n) is 11.0. The van der Waals surface area contributed by atoms with Crippen molar-refractivity contribution < 1.29 is 29.0 Å². The number of carboxylic acids is 1. The molecule has 4 rings (SSSR count). The summed E-state index contributed by atoms with van der Waals surface area (Å²) in [6.07, 6.45) is 4.60. The highest BCUT2D eigenvalue weighted by atomic mass is 16.5. The molecule has 3 atom stereocenters. The van der Waals surface area contributed by atoms with Crippen LogP contribution in [-0.2, 0) is 19.1 Å². The summed E-state index contributed by atoms with van der Waals surface area (Å²) >= 11 is 0. The lowest BCUT2D eigenvalue weighted by Crippen LogP contribution is -2.53. The average Bonchev–Trinajstić information content (AvgIpc) is 3.45. The van der Waals surface area contributed by atoms with Crippen molar-refractivity contribution in [3.8, 4) is 23.5 Å². The molecule has 2 aliphatic rings. The Bertz CT molecular complexity index is 1090. The Hall–Kier alpha value is -3.83. The first-order valence-corrected chi connectivity index (χ1v) is 11.0. The van der Waals surface area contributed by atoms with Gasteiger partial charge in [-0.3, -0.25) is 9.59 Å². The Balaban J connectivity index is 1.42. The van der Waals surface area contributed by atoms with E-state index in [0.29, 0.717) is 0 Å². The van der Waals surface area contributed by atoms with E-state index in [-0.39, 0.29) is 32.2 Å². The van der Waals surface area contributed by atoms with Crippen LogP contribution < -0.4 is 5.32 Å². The maximum absolute atomic E-state index is 13.0. The van der Waals surface area contributed by atoms with Gasteiger partial charge in [-0.25, -0.2) is 4.79 Å². The van der Waals surface area contributed by atoms with Crippen LogP contribution in [0.25, 0.3) is 11.1 Å². The minimum Gasteiger partial charge on any atom is -0.481 e. The molecule has 0 aromatic heterocycles. The zero-order valence-corrected chi connectivity index (χ0v) is 18.8. The van der Waals surface area contributed by atoms with Crippen molar-refractivity contribution in [2.45, 2.75) is 24.4 Å². The first kappa shape index (κ1) is 23.3. The smallest absolute Gasteiger partial charge is 0.407 e. The van der Waals surface area contributed by atoms with Crippen LogP contribution in [0.2, 0.25) is 0 Å². The monoisotopic (exact) mass is 462 g/mol. The summed E-state index contributed by atoms with van der Waals surface area (Å²) in [7, 11) is 1.49. The van der Waals surface area contributed by atoms with Gasteiger partial charge in [0.2, 0.25) is 5.91 Å². The largest absolute Gasteiger partial charge is 0.481 e. The third kappa shape index (κ3) is 4.47. The molecule has 1 aliphatic heterocycles. The number of hydrogen-bond acceptors (Lipinski definition) is 5. The van der Waals surface area contributed by atoms with Gasteiger partial charge in [0.25, 0.3) is 0 Å². The highest BCUT2D eigenvalue weighted by Gasteiger charge is 2.40. The van der Waals surface area contributed by atoms with Gasteiger partial charge in [-0.05, 0) is 22.3 Å². The zero-order valence-electron chi connectivity index (χ0n) is 18.8. The number of rotatable bonds is 7. The molecule has 1 fully saturated rings. The molecule has 2 amide bonds. The summed E-state index contributed by atoms with van der Waals surface area (Å²) in [6, 6.07) is 14.3. The van der Waals surface area contributed by atoms with E-state index < -0.39 is 36.0 Å². The van der Waals surface area contributed by atoms with E-state index in [2.05, 4.69) is 11.2 Å². The van der Waals surface area contributed by atoms with E-state index in [0.717, 1.165) is 22.3 Å². The molecule has 8 nitrogen and oxygen atoms in total. The number of ether oxygens (including phenoxy) is 2. The number of carboxylic acid groups (broad SMARTS) is 1. The number of benzene rings is 2. The number of alkyl carbamates (subject to hydrolysis) is 1. The van der Waals surface area contributed by atoms with E-state index in [1.54, 1.807) is 0 Å². The molecule has 34 heavy (non-hydrogen) atoms. The topological polar surface area (TPSA) is 105 Å². The van der Waals surface area contributed by atoms with Crippen molar-refractivity contribution in [3.63, 3.8) is 0 Å². The molecule has 2 N–H and O–H groups in total. The molecule has 3 unspecified atom stereocenters. The second-order valence-corrected chi connectivity index (χ2v) is 8.43. The van der Waals surface area contributed by atoms with Gasteiger partial charge in [0, 0.05) is 19.4 Å². The predicted molar refractivity (Wildman–Crippen MR) is 124 cm³/mol. The fraction of sp³-hybridized carbons (Fsp3) is 0.346. The number of carbonyl (C=O) groups excluding carboxylic acids is 2. The van der Waals surface area contributed by atoms with E-state index in [1.807, 2.05) is 48.5 Å². The summed E-state index contributed by atoms with van der Waals surface area (Å²) < 4.78 is 10.8. The number of nitrogens with zero attached hydrogens (tertiary/aromatic N) is 1. The zero-order chi connectivity index (χ0) is 24.2. The second-order valence-electron chi connectivity index (χ2n) is 8.43. The van der Waals surface area contributed by atoms with Gasteiger partial charge in [-0.1, -0.05) is 48.5 Å². The molecule has 0 saturated carbocycles. The molecular formula is C26H26N2O6. The first-order chi connectivity index (χ1) is 16.4. The number of hydrogen-bond donors (Lipinski definition) is 2. The van der Waals surface area contributed by atoms with Crippen LogP contribution in [0.3, 0.4) is 0 Å². The predicted octanol–water partition coefficient (Wildman–Crippen LogP) is 2.47. The fourth-order valence-corrected chi connectivity index (χ4v) is 4.67. The number of aliphatic carboxylic acids is 1. The van der Waals surface area contributed by atoms with Gasteiger partial charge in [0.05, 0.1) is 19.3 Å². The Labute approximate surface area is 197 Å². The Morgan fingerprint density at radius 2 is 1.76 bits per heavy atom. The van der Waals surface area contributed by atoms with Crippen molar-refractivity contribution in [2.24, 2.45) is 5.92 Å². The molecule has 8 heteroatoms. The fourth-order valence-electron chi connectivity index (χ4n) is 4.67. The van der Waals surface area contributed by atoms with Crippen molar-refractivity contribution in [3.05, 3.63) is 59.7 Å². The number of nitrogens with one attached hydrogen (secondary N) is 1. The van der Waals surface area contributed by atoms with Crippen LogP contribution in [0.5, 0.6) is 0 Å². The summed E-state index contributed by atoms with van der Waals surface area (Å²) in [6.45, 7) is 0.231. The van der Waals surface area contributed by atoms with Crippen LogP contribution in [0.1, 0.15) is 23.5 Å². The maximum Gasteiger partial charge on any atom is 0.407 e. The Kier molecular flexibility index (Phi) is 6.85. The average molecular weight is 463 g/mol. The van der Waals surface area contributed by atoms with Crippen molar-refractivity contribution in [1.82, 2.24) is 10.2 Å². The number of terminal acetylenes is 1. The number of carbonyl (C=O) groups is 3. The van der Waals surface area contributed by atoms with Crippen molar-refractivity contribution in [2.75, 3.05) is 26.9 Å². The molecule has 0 radical (unpaired) electrons. The summed E-state index contributed by atoms with van der Waals surface area (Å²) in [5.41, 5.74) is 4.38. The molecule has 2 aromatic carbocycles. The molecular weight excluding hydrogens is 436 g/mol. The lowest BCUT2D eigenvalue weighted by Gasteiger charge is -2.29. The molecule has 1 heterocycles. The highest BCUT2D eigenvalue weighted by Crippen LogP contribution is 2.44. The molecule has 0 spiro atoms. The van der Waals surface area contributed by atoms with Gasteiger partial charge >= 0.3 is 12.1 Å². The van der Waals surface area contributed by atoms with E-state index >= 15 is 0 Å². The van der Waals surface area contributed by atoms with Gasteiger partial charge in [0.1, 0.15) is 18.6 Å². The van der Waals surface area contributed by atoms with Crippen molar-refractivity contribution in [1.29, 1.82) is 0 Å². The molecule has 176 valence electrons. The second kappa shape index (κ2) is 9.98. The van der Waals surface area contributed by atoms with Crippen LogP contribution in [0, 0.1) is 18.3 Å². The van der Waals surface area contributed by atoms with E-state index in [4.69, 9.17) is 15.9 Å². The van der Waals surface area contributed by atoms with Gasteiger partial charge in [0.15, 0.2) is 0 Å². The number of fused-ring (bicyclic) bond motifs is 3. The lowest BCUT2D eigenvalue weighted by molar-refractivity contribution is -0.145. The minimum atomic E-state index is -1.04. The summed E-state index contributed by atoms with van der Waals surface area (Å²) in [4.78, 5) is 38.4. The third-order valence-corrected chi connectivity index (χ3v) is 6.47. The van der Waals surface area contributed by atoms with E-state index in [9.17, 15) is 19.5 Å². The minimum absolute atomic E-state index is 0.0250. The van der Waals surface area contributed by atoms with Gasteiger partial charge in [-0.15, -0.1) is 12.3 Å². The van der Waals surface area contributed by atoms with Gasteiger partial charge in [-0.2, -0.15) is 0 Å². The number of likely N-dealkylation sites (N-methyl/N-ethyl adjacent to an activating group) is 1. The van der Waals surface area contributed by atoms with Crippen LogP contribution >= 0.6 is 0 Å². The quantitative estimate of drug-likeness (QED) is 0.613. The molecule has 1 saturated heterocycles. The lowest BCUT2D eigenvalue weighted by atomic mass is 9.98. The highest BCUT2D eigenvalue weighted by molar-refractivity contribution is 5.87. The SMILES string of the molecule is C#CCC(NC(=O)OCC1c2ccccc2-c2ccccc21)C(=O)N(C)C1COCC1C(=O)O. The van der Waals surface area contributed by atoms with Gasteiger partial charge < -0.3 is 24.8 Å². The number of amides is 2. The Morgan fingerprint density at radius 3 is 2.35 bits per heavy atom. The maximum atomic E-state index is 13.0. The Morgan fingerprint density at radius 1 is 1.15 bits per heavy atom. The normalized spacial score (nSPS) is 19.4. The third-order valence-electron chi connectivity index (χ3n) is 6.47. The molecule has 1 aliphatic carbocycles. The standard InChI is InChI=1S/C26H26N2O6/c1-3-8-22(24(29)28(2)23-15-33-13-21(23)25(30)31)27-26(32)34-14-20-18-11-6-4-9-16(18)17-10-5-7-12-19(17)20/h1,4-7,9-12,20-23H,8,13-15H2,2H3,(H,27,32)(H,30,31). The summed E-state index contributed by atoms with van der Waals surface area (Å²) in [5, 5.41) is 11.9. The van der Waals surface area contributed by atoms with Crippen LogP contribution in [-0.4, -0.2) is 66.9 Å². The molecule has 0 bridgehead atoms. The van der Waals surface area contributed by atoms with E-state index in [1.165, 1.54) is 11.9 Å². The van der Waals surface area contributed by atoms with Crippen molar-refractivity contribution >= 4 is 18.0 Å². The summed E-state index contributed by atoms with van der Waals surface area (Å²) in [5.74, 6) is -0.0967. The molecule has 2 aromatic rings.